The molecule has 0 saturated carbocycles. The van der Waals surface area contributed by atoms with Crippen molar-refractivity contribution in [2.75, 3.05) is 7.09 Å². The maximum atomic E-state index is 12.0. The standard InChI is InChI=1S/C14H18O6/c1-8(12-10(15)11(16)14(18-2)20-12)19-13(17)9-6-4-3-5-7-9/h3-8,10-12,14-16H,1-2H3/t8-,10-,11+,12+,14?/m0/s1/i1D,2D. The van der Waals surface area contributed by atoms with Crippen LogP contribution >= 0.6 is 0 Å². The molecule has 1 aliphatic rings. The van der Waals surface area contributed by atoms with Crippen molar-refractivity contribution in [2.24, 2.45) is 0 Å². The largest absolute Gasteiger partial charge is 0.456 e. The third kappa shape index (κ3) is 2.99. The molecule has 1 saturated heterocycles. The van der Waals surface area contributed by atoms with Crippen LogP contribution in [0.1, 0.15) is 20.0 Å². The van der Waals surface area contributed by atoms with Gasteiger partial charge in [0, 0.05) is 8.46 Å². The lowest BCUT2D eigenvalue weighted by molar-refractivity contribution is -0.162. The molecule has 0 bridgehead atoms. The number of rotatable bonds is 4. The van der Waals surface area contributed by atoms with Gasteiger partial charge in [-0.3, -0.25) is 0 Å². The lowest BCUT2D eigenvalue weighted by Crippen LogP contribution is -2.39. The number of ether oxygens (including phenoxy) is 3. The van der Waals surface area contributed by atoms with Crippen LogP contribution in [0.25, 0.3) is 0 Å². The summed E-state index contributed by atoms with van der Waals surface area (Å²) in [5.74, 6) is -0.645. The number of aliphatic hydroxyl groups excluding tert-OH is 2. The highest BCUT2D eigenvalue weighted by atomic mass is 16.7. The Kier molecular flexibility index (Phi) is 3.88. The molecule has 20 heavy (non-hydrogen) atoms. The normalized spacial score (nSPS) is 32.3. The van der Waals surface area contributed by atoms with E-state index in [4.69, 9.17) is 17.0 Å². The van der Waals surface area contributed by atoms with Crippen molar-refractivity contribution in [3.05, 3.63) is 35.9 Å². The Hall–Kier alpha value is -1.47. The van der Waals surface area contributed by atoms with Crippen molar-refractivity contribution in [2.45, 2.75) is 37.6 Å². The number of aliphatic hydroxyl groups is 2. The van der Waals surface area contributed by atoms with Gasteiger partial charge in [0.1, 0.15) is 24.4 Å². The van der Waals surface area contributed by atoms with Crippen LogP contribution in [0.3, 0.4) is 0 Å². The first-order chi connectivity index (χ1) is 10.6. The molecule has 1 aromatic rings. The lowest BCUT2D eigenvalue weighted by atomic mass is 10.1. The summed E-state index contributed by atoms with van der Waals surface area (Å²) < 4.78 is 29.7. The molecule has 0 aromatic heterocycles. The van der Waals surface area contributed by atoms with E-state index in [1.165, 1.54) is 0 Å². The fraction of sp³-hybridized carbons (Fsp3) is 0.500. The van der Waals surface area contributed by atoms with Crippen molar-refractivity contribution in [1.82, 2.24) is 0 Å². The van der Waals surface area contributed by atoms with Gasteiger partial charge in [-0.2, -0.15) is 0 Å². The van der Waals surface area contributed by atoms with Crippen LogP contribution in [-0.2, 0) is 14.2 Å². The summed E-state index contributed by atoms with van der Waals surface area (Å²) in [6, 6.07) is 8.23. The van der Waals surface area contributed by atoms with Gasteiger partial charge in [-0.05, 0) is 19.0 Å². The maximum Gasteiger partial charge on any atom is 0.338 e. The molecule has 0 spiro atoms. The second kappa shape index (κ2) is 6.32. The zero-order chi connectivity index (χ0) is 16.1. The van der Waals surface area contributed by atoms with Crippen molar-refractivity contribution in [3.63, 3.8) is 0 Å². The number of benzene rings is 1. The molecule has 1 aliphatic heterocycles. The quantitative estimate of drug-likeness (QED) is 0.775. The van der Waals surface area contributed by atoms with Crippen LogP contribution in [0, 0.1) is 0 Å². The van der Waals surface area contributed by atoms with E-state index in [-0.39, 0.29) is 6.90 Å². The van der Waals surface area contributed by atoms with Gasteiger partial charge in [-0.15, -0.1) is 0 Å². The number of hydrogen-bond acceptors (Lipinski definition) is 6. The molecular weight excluding hydrogens is 264 g/mol. The van der Waals surface area contributed by atoms with E-state index in [2.05, 4.69) is 0 Å². The van der Waals surface area contributed by atoms with Crippen LogP contribution in [-0.4, -0.2) is 54.0 Å². The van der Waals surface area contributed by atoms with Crippen molar-refractivity contribution in [1.29, 1.82) is 0 Å². The number of carbonyl (C=O) groups is 1. The smallest absolute Gasteiger partial charge is 0.338 e. The van der Waals surface area contributed by atoms with E-state index < -0.39 is 43.8 Å². The van der Waals surface area contributed by atoms with Crippen LogP contribution in [0.5, 0.6) is 0 Å². The van der Waals surface area contributed by atoms with Gasteiger partial charge >= 0.3 is 5.97 Å². The molecule has 6 heteroatoms. The summed E-state index contributed by atoms with van der Waals surface area (Å²) in [4.78, 5) is 12.0. The predicted octanol–water partition coefficient (Wildman–Crippen LogP) is 0.325. The number of carbonyl (C=O) groups excluding carboxylic acids is 1. The van der Waals surface area contributed by atoms with Crippen molar-refractivity contribution < 1.29 is 32.0 Å². The monoisotopic (exact) mass is 284 g/mol. The summed E-state index contributed by atoms with van der Waals surface area (Å²) in [5.41, 5.74) is 0.313. The van der Waals surface area contributed by atoms with Crippen molar-refractivity contribution >= 4 is 5.97 Å². The fourth-order valence-corrected chi connectivity index (χ4v) is 1.96. The highest BCUT2D eigenvalue weighted by Gasteiger charge is 2.46. The third-order valence-electron chi connectivity index (χ3n) is 3.06. The molecule has 1 fully saturated rings. The predicted molar refractivity (Wildman–Crippen MR) is 69.0 cm³/mol. The van der Waals surface area contributed by atoms with E-state index in [0.29, 0.717) is 5.56 Å². The molecule has 2 N–H and O–H groups in total. The van der Waals surface area contributed by atoms with E-state index in [1.807, 2.05) is 0 Å². The SMILES string of the molecule is [2H]COC1O[C@H]([C@H](C[2H])OC(=O)c2ccccc2)[C@@H](O)[C@H]1O. The number of methoxy groups -OCH3 is 1. The first-order valence-corrected chi connectivity index (χ1v) is 6.06. The number of hydrogen-bond donors (Lipinski definition) is 2. The van der Waals surface area contributed by atoms with Gasteiger partial charge < -0.3 is 24.4 Å². The third-order valence-corrected chi connectivity index (χ3v) is 3.06. The van der Waals surface area contributed by atoms with Crippen LogP contribution < -0.4 is 0 Å². The van der Waals surface area contributed by atoms with Crippen LogP contribution in [0.15, 0.2) is 30.3 Å². The van der Waals surface area contributed by atoms with E-state index in [0.717, 1.165) is 0 Å². The molecule has 1 heterocycles. The molecule has 1 unspecified atom stereocenters. The van der Waals surface area contributed by atoms with Crippen LogP contribution in [0.2, 0.25) is 0 Å². The van der Waals surface area contributed by atoms with Gasteiger partial charge in [0.15, 0.2) is 6.29 Å². The summed E-state index contributed by atoms with van der Waals surface area (Å²) in [6.07, 6.45) is -6.05. The molecule has 2 rings (SSSR count). The Balaban J connectivity index is 2.04. The first kappa shape index (κ1) is 12.3. The van der Waals surface area contributed by atoms with Gasteiger partial charge in [-0.1, -0.05) is 18.2 Å². The van der Waals surface area contributed by atoms with E-state index >= 15 is 0 Å². The summed E-state index contributed by atoms with van der Waals surface area (Å²) in [7, 11) is -0.448. The Labute approximate surface area is 119 Å². The van der Waals surface area contributed by atoms with Gasteiger partial charge in [0.25, 0.3) is 0 Å². The summed E-state index contributed by atoms with van der Waals surface area (Å²) in [5, 5.41) is 19.7. The molecule has 1 aromatic carbocycles. The Morgan fingerprint density at radius 1 is 1.35 bits per heavy atom. The zero-order valence-corrected chi connectivity index (χ0v) is 10.7. The highest BCUT2D eigenvalue weighted by Crippen LogP contribution is 2.25. The molecule has 0 aliphatic carbocycles. The summed E-state index contributed by atoms with van der Waals surface area (Å²) >= 11 is 0. The van der Waals surface area contributed by atoms with Crippen LogP contribution in [0.4, 0.5) is 0 Å². The lowest BCUT2D eigenvalue weighted by Gasteiger charge is -2.22. The maximum absolute atomic E-state index is 12.0. The first-order valence-electron chi connectivity index (χ1n) is 7.47. The van der Waals surface area contributed by atoms with Gasteiger partial charge in [0.2, 0.25) is 0 Å². The molecule has 5 atom stereocenters. The van der Waals surface area contributed by atoms with E-state index in [1.54, 1.807) is 30.3 Å². The van der Waals surface area contributed by atoms with Gasteiger partial charge in [-0.25, -0.2) is 4.79 Å². The zero-order valence-electron chi connectivity index (χ0n) is 12.7. The summed E-state index contributed by atoms with van der Waals surface area (Å²) in [6.45, 7) is -0.347. The second-order valence-corrected chi connectivity index (χ2v) is 4.43. The van der Waals surface area contributed by atoms with Gasteiger partial charge in [0.05, 0.1) is 6.93 Å². The topological polar surface area (TPSA) is 85.2 Å². The molecule has 0 amide bonds. The molecule has 0 radical (unpaired) electrons. The average Bonchev–Trinajstić information content (AvgIpc) is 2.82. The Morgan fingerprint density at radius 3 is 2.75 bits per heavy atom. The highest BCUT2D eigenvalue weighted by molar-refractivity contribution is 5.89. The molecule has 110 valence electrons. The van der Waals surface area contributed by atoms with E-state index in [9.17, 15) is 15.0 Å². The minimum atomic E-state index is -1.37. The second-order valence-electron chi connectivity index (χ2n) is 4.43. The minimum Gasteiger partial charge on any atom is -0.456 e. The fourth-order valence-electron chi connectivity index (χ4n) is 1.96. The average molecular weight is 284 g/mol. The molecule has 6 nitrogen and oxygen atoms in total. The molecular formula is C14H18O6. The Morgan fingerprint density at radius 2 is 2.10 bits per heavy atom. The Bertz CT molecular complexity index is 485. The van der Waals surface area contributed by atoms with Crippen molar-refractivity contribution in [3.8, 4) is 0 Å². The number of esters is 1. The minimum absolute atomic E-state index is 0.313.